The van der Waals surface area contributed by atoms with E-state index < -0.39 is 36.6 Å². The minimum absolute atomic E-state index is 0.0381. The average molecular weight is 416 g/mol. The molecule has 9 heteroatoms. The van der Waals surface area contributed by atoms with E-state index in [1.54, 1.807) is 24.3 Å². The number of hydrogen-bond donors (Lipinski definition) is 4. The van der Waals surface area contributed by atoms with E-state index in [9.17, 15) is 20.1 Å². The van der Waals surface area contributed by atoms with E-state index in [4.69, 9.17) is 23.7 Å². The van der Waals surface area contributed by atoms with Gasteiger partial charge in [0.15, 0.2) is 0 Å². The molecule has 158 valence electrons. The van der Waals surface area contributed by atoms with Gasteiger partial charge in [0.25, 0.3) is 0 Å². The Bertz CT molecular complexity index is 1120. The van der Waals surface area contributed by atoms with Crippen molar-refractivity contribution in [1.29, 1.82) is 0 Å². The van der Waals surface area contributed by atoms with Crippen LogP contribution in [0.3, 0.4) is 0 Å². The van der Waals surface area contributed by atoms with Crippen molar-refractivity contribution < 1.29 is 39.1 Å². The van der Waals surface area contributed by atoms with Gasteiger partial charge in [-0.2, -0.15) is 0 Å². The predicted molar refractivity (Wildman–Crippen MR) is 105 cm³/mol. The number of rotatable bonds is 5. The van der Waals surface area contributed by atoms with E-state index in [-0.39, 0.29) is 28.0 Å². The van der Waals surface area contributed by atoms with E-state index in [0.29, 0.717) is 11.3 Å². The monoisotopic (exact) mass is 416 g/mol. The lowest BCUT2D eigenvalue weighted by Crippen LogP contribution is -2.35. The summed E-state index contributed by atoms with van der Waals surface area (Å²) in [5.41, 5.74) is 0.430. The summed E-state index contributed by atoms with van der Waals surface area (Å²) in [5, 5.41) is 39.4. The lowest BCUT2D eigenvalue weighted by molar-refractivity contribution is -0.116. The fraction of sp³-hybridized carbons (Fsp3) is 0.286. The summed E-state index contributed by atoms with van der Waals surface area (Å²) in [6.45, 7) is -0.497. The molecule has 3 aromatic rings. The fourth-order valence-electron chi connectivity index (χ4n) is 3.36. The molecule has 9 nitrogen and oxygen atoms in total. The maximum absolute atomic E-state index is 13.0. The van der Waals surface area contributed by atoms with Gasteiger partial charge in [0.05, 0.1) is 19.3 Å². The van der Waals surface area contributed by atoms with Gasteiger partial charge in [0.1, 0.15) is 52.8 Å². The molecular formula is C21H20O9. The summed E-state index contributed by atoms with van der Waals surface area (Å²) in [4.78, 5) is 13.0. The molecule has 2 aromatic carbocycles. The van der Waals surface area contributed by atoms with Gasteiger partial charge < -0.3 is 39.1 Å². The van der Waals surface area contributed by atoms with Crippen molar-refractivity contribution in [2.75, 3.05) is 13.7 Å². The topological polar surface area (TPSA) is 139 Å². The highest BCUT2D eigenvalue weighted by atomic mass is 16.7. The fourth-order valence-corrected chi connectivity index (χ4v) is 3.36. The minimum Gasteiger partial charge on any atom is -0.507 e. The second-order valence-corrected chi connectivity index (χ2v) is 6.85. The molecule has 0 bridgehead atoms. The van der Waals surface area contributed by atoms with Crippen molar-refractivity contribution in [2.24, 2.45) is 0 Å². The Morgan fingerprint density at radius 3 is 2.60 bits per heavy atom. The lowest BCUT2D eigenvalue weighted by Gasteiger charge is -2.17. The van der Waals surface area contributed by atoms with Crippen LogP contribution < -0.4 is 14.9 Å². The van der Waals surface area contributed by atoms with Crippen LogP contribution in [0.5, 0.6) is 17.2 Å². The third-order valence-corrected chi connectivity index (χ3v) is 4.96. The molecule has 0 saturated carbocycles. The molecule has 1 aromatic heterocycles. The number of methoxy groups -OCH3 is 1. The normalized spacial score (nSPS) is 23.6. The molecule has 30 heavy (non-hydrogen) atoms. The van der Waals surface area contributed by atoms with Crippen LogP contribution in [0.4, 0.5) is 0 Å². The highest BCUT2D eigenvalue weighted by molar-refractivity contribution is 5.88. The standard InChI is InChI=1S/C21H20O9/c1-27-11-4-2-3-10(5-11)13-9-28-15-7-12(6-14(23)17(15)18(13)24)29-21-20(26)19(25)16(8-22)30-21/h2-7,9,16,19-23,25-26H,8H2,1H3/t16-,19-,20+,21+/m1/s1. The Morgan fingerprint density at radius 2 is 1.90 bits per heavy atom. The smallest absolute Gasteiger partial charge is 0.229 e. The molecule has 0 spiro atoms. The SMILES string of the molecule is COc1cccc(-c2coc3cc(O[C@H]4O[C@H](CO)[C@@H](O)[C@@H]4O)cc(O)c3c2=O)c1. The zero-order valence-electron chi connectivity index (χ0n) is 15.9. The zero-order valence-corrected chi connectivity index (χ0v) is 15.9. The van der Waals surface area contributed by atoms with Gasteiger partial charge in [-0.3, -0.25) is 4.79 Å². The predicted octanol–water partition coefficient (Wildman–Crippen LogP) is 0.992. The summed E-state index contributed by atoms with van der Waals surface area (Å²) in [6, 6.07) is 9.41. The second kappa shape index (κ2) is 7.96. The Balaban J connectivity index is 1.69. The van der Waals surface area contributed by atoms with Crippen molar-refractivity contribution >= 4 is 11.0 Å². The van der Waals surface area contributed by atoms with Crippen molar-refractivity contribution in [3.8, 4) is 28.4 Å². The molecule has 4 rings (SSSR count). The highest BCUT2D eigenvalue weighted by Crippen LogP contribution is 2.33. The van der Waals surface area contributed by atoms with Crippen LogP contribution in [0.25, 0.3) is 22.1 Å². The summed E-state index contributed by atoms with van der Waals surface area (Å²) in [6.07, 6.45) is -3.71. The van der Waals surface area contributed by atoms with Crippen molar-refractivity contribution in [3.63, 3.8) is 0 Å². The van der Waals surface area contributed by atoms with Gasteiger partial charge >= 0.3 is 0 Å². The second-order valence-electron chi connectivity index (χ2n) is 6.85. The molecular weight excluding hydrogens is 396 g/mol. The van der Waals surface area contributed by atoms with Crippen LogP contribution >= 0.6 is 0 Å². The molecule has 2 heterocycles. The number of phenolic OH excluding ortho intramolecular Hbond substituents is 1. The average Bonchev–Trinajstić information content (AvgIpc) is 3.01. The highest BCUT2D eigenvalue weighted by Gasteiger charge is 2.44. The first-order valence-electron chi connectivity index (χ1n) is 9.15. The van der Waals surface area contributed by atoms with E-state index in [1.165, 1.54) is 25.5 Å². The van der Waals surface area contributed by atoms with Gasteiger partial charge in [0, 0.05) is 12.1 Å². The largest absolute Gasteiger partial charge is 0.507 e. The Labute approximate surface area is 170 Å². The van der Waals surface area contributed by atoms with Crippen molar-refractivity contribution in [1.82, 2.24) is 0 Å². The molecule has 1 aliphatic heterocycles. The molecule has 0 amide bonds. The van der Waals surface area contributed by atoms with Gasteiger partial charge in [-0.15, -0.1) is 0 Å². The van der Waals surface area contributed by atoms with Crippen LogP contribution in [0.15, 0.2) is 51.9 Å². The van der Waals surface area contributed by atoms with Gasteiger partial charge in [-0.05, 0) is 17.7 Å². The van der Waals surface area contributed by atoms with Crippen molar-refractivity contribution in [2.45, 2.75) is 24.6 Å². The Hall–Kier alpha value is -3.11. The summed E-state index contributed by atoms with van der Waals surface area (Å²) in [7, 11) is 1.52. The minimum atomic E-state index is -1.40. The summed E-state index contributed by atoms with van der Waals surface area (Å²) in [5.74, 6) is 0.235. The third-order valence-electron chi connectivity index (χ3n) is 4.96. The first-order chi connectivity index (χ1) is 14.4. The number of fused-ring (bicyclic) bond motifs is 1. The zero-order chi connectivity index (χ0) is 21.4. The Morgan fingerprint density at radius 1 is 1.10 bits per heavy atom. The van der Waals surface area contributed by atoms with E-state index >= 15 is 0 Å². The quantitative estimate of drug-likeness (QED) is 0.479. The maximum Gasteiger partial charge on any atom is 0.229 e. The van der Waals surface area contributed by atoms with E-state index in [1.807, 2.05) is 0 Å². The summed E-state index contributed by atoms with van der Waals surface area (Å²) < 4.78 is 21.5. The number of aliphatic hydroxyl groups is 3. The van der Waals surface area contributed by atoms with Crippen LogP contribution in [-0.2, 0) is 4.74 Å². The van der Waals surface area contributed by atoms with Crippen molar-refractivity contribution in [3.05, 3.63) is 52.9 Å². The number of ether oxygens (including phenoxy) is 3. The maximum atomic E-state index is 13.0. The third kappa shape index (κ3) is 3.48. The molecule has 4 atom stereocenters. The molecule has 0 aliphatic carbocycles. The number of aromatic hydroxyl groups is 1. The van der Waals surface area contributed by atoms with Gasteiger partial charge in [-0.25, -0.2) is 0 Å². The molecule has 0 unspecified atom stereocenters. The molecule has 1 saturated heterocycles. The van der Waals surface area contributed by atoms with E-state index in [2.05, 4.69) is 0 Å². The molecule has 4 N–H and O–H groups in total. The van der Waals surface area contributed by atoms with Crippen LogP contribution in [0.1, 0.15) is 0 Å². The lowest BCUT2D eigenvalue weighted by atomic mass is 10.0. The van der Waals surface area contributed by atoms with Gasteiger partial charge in [-0.1, -0.05) is 12.1 Å². The molecule has 1 aliphatic rings. The number of benzene rings is 2. The first kappa shape index (κ1) is 20.2. The summed E-state index contributed by atoms with van der Waals surface area (Å²) >= 11 is 0. The van der Waals surface area contributed by atoms with Gasteiger partial charge in [0.2, 0.25) is 11.7 Å². The molecule has 1 fully saturated rings. The Kier molecular flexibility index (Phi) is 5.35. The van der Waals surface area contributed by atoms with Crippen LogP contribution in [0.2, 0.25) is 0 Å². The van der Waals surface area contributed by atoms with E-state index in [0.717, 1.165) is 0 Å². The number of hydrogen-bond acceptors (Lipinski definition) is 9. The number of aliphatic hydroxyl groups excluding tert-OH is 3. The molecule has 0 radical (unpaired) electrons. The van der Waals surface area contributed by atoms with Crippen LogP contribution in [-0.4, -0.2) is 58.7 Å². The van der Waals surface area contributed by atoms with Crippen LogP contribution in [0, 0.1) is 0 Å². The number of phenols is 1. The first-order valence-corrected chi connectivity index (χ1v) is 9.15.